The van der Waals surface area contributed by atoms with Crippen molar-refractivity contribution in [2.45, 2.75) is 25.7 Å². The Labute approximate surface area is 122 Å². The average Bonchev–Trinajstić information content (AvgIpc) is 2.34. The molecule has 20 heavy (non-hydrogen) atoms. The largest absolute Gasteiger partial charge is 0.492 e. The predicted molar refractivity (Wildman–Crippen MR) is 75.2 cm³/mol. The van der Waals surface area contributed by atoms with Crippen LogP contribution >= 0.6 is 11.6 Å². The molecule has 0 bridgehead atoms. The van der Waals surface area contributed by atoms with E-state index in [1.807, 2.05) is 0 Å². The van der Waals surface area contributed by atoms with Gasteiger partial charge in [-0.15, -0.1) is 0 Å². The number of halogens is 1. The third-order valence-corrected chi connectivity index (χ3v) is 3.32. The van der Waals surface area contributed by atoms with Gasteiger partial charge in [0, 0.05) is 16.0 Å². The number of ether oxygens (including phenoxy) is 2. The van der Waals surface area contributed by atoms with E-state index in [-0.39, 0.29) is 28.5 Å². The molecule has 0 aromatic heterocycles. The van der Waals surface area contributed by atoms with Crippen LogP contribution in [-0.2, 0) is 10.2 Å². The molecule has 1 N–H and O–H groups in total. The summed E-state index contributed by atoms with van der Waals surface area (Å²) in [5, 5.41) is 9.29. The summed E-state index contributed by atoms with van der Waals surface area (Å²) in [7, 11) is 2.83. The summed E-state index contributed by atoms with van der Waals surface area (Å²) in [5.74, 6) is -0.416. The lowest BCUT2D eigenvalue weighted by Gasteiger charge is -2.28. The molecule has 0 unspecified atom stereocenters. The second-order valence-electron chi connectivity index (χ2n) is 4.96. The second-order valence-corrected chi connectivity index (χ2v) is 5.37. The molecule has 1 aromatic carbocycles. The first-order valence-corrected chi connectivity index (χ1v) is 6.28. The van der Waals surface area contributed by atoms with Crippen molar-refractivity contribution in [2.24, 2.45) is 0 Å². The Morgan fingerprint density at radius 2 is 1.90 bits per heavy atom. The molecule has 0 atom stereocenters. The summed E-state index contributed by atoms with van der Waals surface area (Å²) < 4.78 is 10.5. The predicted octanol–water partition coefficient (Wildman–Crippen LogP) is 2.92. The van der Waals surface area contributed by atoms with Crippen LogP contribution in [0.15, 0.2) is 6.07 Å². The number of carbonyl (C=O) groups excluding carboxylic acids is 1. The highest BCUT2D eigenvalue weighted by atomic mass is 35.5. The van der Waals surface area contributed by atoms with Crippen LogP contribution in [0.1, 0.15) is 36.2 Å². The highest BCUT2D eigenvalue weighted by Gasteiger charge is 2.33. The number of hydrogen-bond donors (Lipinski definition) is 1. The van der Waals surface area contributed by atoms with E-state index in [0.29, 0.717) is 11.8 Å². The van der Waals surface area contributed by atoms with E-state index in [1.165, 1.54) is 20.3 Å². The fourth-order valence-corrected chi connectivity index (χ4v) is 2.68. The Kier molecular flexibility index (Phi) is 5.00. The topological polar surface area (TPSA) is 72.8 Å². The minimum atomic E-state index is -0.952. The Morgan fingerprint density at radius 3 is 2.30 bits per heavy atom. The van der Waals surface area contributed by atoms with E-state index in [4.69, 9.17) is 26.2 Å². The average molecular weight is 301 g/mol. The zero-order chi connectivity index (χ0) is 15.5. The summed E-state index contributed by atoms with van der Waals surface area (Å²) in [6, 6.07) is 1.45. The molecule has 1 rings (SSSR count). The third kappa shape index (κ3) is 3.04. The number of hydrogen-bond acceptors (Lipinski definition) is 4. The van der Waals surface area contributed by atoms with Crippen LogP contribution in [0.5, 0.6) is 11.5 Å². The maximum atomic E-state index is 11.1. The van der Waals surface area contributed by atoms with Crippen molar-refractivity contribution in [1.82, 2.24) is 0 Å². The first kappa shape index (κ1) is 16.3. The Morgan fingerprint density at radius 1 is 1.35 bits per heavy atom. The molecular formula is C14H17ClO5. The van der Waals surface area contributed by atoms with Gasteiger partial charge >= 0.3 is 5.97 Å². The fraction of sp³-hybridized carbons (Fsp3) is 0.429. The van der Waals surface area contributed by atoms with Crippen LogP contribution < -0.4 is 9.47 Å². The molecule has 0 aliphatic heterocycles. The monoisotopic (exact) mass is 300 g/mol. The summed E-state index contributed by atoms with van der Waals surface area (Å²) in [4.78, 5) is 22.1. The second kappa shape index (κ2) is 6.13. The van der Waals surface area contributed by atoms with Gasteiger partial charge in [0.2, 0.25) is 0 Å². The van der Waals surface area contributed by atoms with E-state index in [2.05, 4.69) is 0 Å². The van der Waals surface area contributed by atoms with E-state index < -0.39 is 11.4 Å². The number of aldehydes is 1. The van der Waals surface area contributed by atoms with Crippen molar-refractivity contribution in [1.29, 1.82) is 0 Å². The first-order chi connectivity index (χ1) is 9.28. The molecular weight excluding hydrogens is 284 g/mol. The lowest BCUT2D eigenvalue weighted by molar-refractivity contribution is -0.138. The third-order valence-electron chi connectivity index (χ3n) is 3.02. The lowest BCUT2D eigenvalue weighted by atomic mass is 9.80. The Balaban J connectivity index is 3.61. The van der Waals surface area contributed by atoms with Gasteiger partial charge in [0.25, 0.3) is 0 Å². The molecule has 0 radical (unpaired) electrons. The van der Waals surface area contributed by atoms with Crippen LogP contribution in [0.25, 0.3) is 0 Å². The van der Waals surface area contributed by atoms with Gasteiger partial charge in [0.1, 0.15) is 0 Å². The molecule has 6 heteroatoms. The van der Waals surface area contributed by atoms with E-state index in [0.717, 1.165) is 0 Å². The van der Waals surface area contributed by atoms with Gasteiger partial charge in [-0.1, -0.05) is 25.4 Å². The maximum absolute atomic E-state index is 11.1. The van der Waals surface area contributed by atoms with Crippen LogP contribution in [0.2, 0.25) is 5.02 Å². The normalized spacial score (nSPS) is 11.1. The Bertz CT molecular complexity index is 537. The van der Waals surface area contributed by atoms with Gasteiger partial charge in [-0.2, -0.15) is 0 Å². The summed E-state index contributed by atoms with van der Waals surface area (Å²) in [6.07, 6.45) is 0.480. The highest BCUT2D eigenvalue weighted by Crippen LogP contribution is 2.46. The van der Waals surface area contributed by atoms with E-state index >= 15 is 0 Å². The number of rotatable bonds is 6. The van der Waals surface area contributed by atoms with Crippen molar-refractivity contribution < 1.29 is 24.2 Å². The number of methoxy groups -OCH3 is 2. The fourth-order valence-electron chi connectivity index (χ4n) is 2.22. The molecule has 0 aliphatic carbocycles. The maximum Gasteiger partial charge on any atom is 0.304 e. The van der Waals surface area contributed by atoms with Crippen molar-refractivity contribution in [2.75, 3.05) is 14.2 Å². The number of carboxylic acids is 1. The zero-order valence-corrected chi connectivity index (χ0v) is 12.6. The van der Waals surface area contributed by atoms with Crippen molar-refractivity contribution in [3.05, 3.63) is 22.2 Å². The smallest absolute Gasteiger partial charge is 0.304 e. The number of aliphatic carboxylic acids is 1. The molecule has 110 valence electrons. The molecule has 5 nitrogen and oxygen atoms in total. The van der Waals surface area contributed by atoms with Crippen molar-refractivity contribution >= 4 is 23.9 Å². The molecule has 0 saturated carbocycles. The number of carboxylic acid groups (broad SMARTS) is 1. The van der Waals surface area contributed by atoms with E-state index in [1.54, 1.807) is 13.8 Å². The van der Waals surface area contributed by atoms with Gasteiger partial charge in [-0.25, -0.2) is 0 Å². The number of carbonyl (C=O) groups is 2. The number of benzene rings is 1. The molecule has 0 saturated heterocycles. The summed E-state index contributed by atoms with van der Waals surface area (Å²) in [5.41, 5.74) is -0.0149. The minimum Gasteiger partial charge on any atom is -0.492 e. The van der Waals surface area contributed by atoms with Crippen LogP contribution in [0, 0.1) is 0 Å². The minimum absolute atomic E-state index is 0.132. The van der Waals surface area contributed by atoms with E-state index in [9.17, 15) is 9.59 Å². The Hall–Kier alpha value is -1.75. The van der Waals surface area contributed by atoms with Gasteiger partial charge < -0.3 is 14.6 Å². The summed E-state index contributed by atoms with van der Waals surface area (Å²) >= 11 is 6.20. The van der Waals surface area contributed by atoms with Crippen LogP contribution in [0.3, 0.4) is 0 Å². The SMILES string of the molecule is COc1c(C=O)cc(Cl)c(C(C)(C)CC(=O)O)c1OC. The first-order valence-electron chi connectivity index (χ1n) is 5.90. The van der Waals surface area contributed by atoms with Crippen molar-refractivity contribution in [3.63, 3.8) is 0 Å². The van der Waals surface area contributed by atoms with Gasteiger partial charge in [-0.05, 0) is 6.07 Å². The lowest BCUT2D eigenvalue weighted by Crippen LogP contribution is -2.23. The molecule has 0 spiro atoms. The summed E-state index contributed by atoms with van der Waals surface area (Å²) in [6.45, 7) is 3.48. The highest BCUT2D eigenvalue weighted by molar-refractivity contribution is 6.32. The van der Waals surface area contributed by atoms with Gasteiger partial charge in [-0.3, -0.25) is 9.59 Å². The quantitative estimate of drug-likeness (QED) is 0.818. The van der Waals surface area contributed by atoms with Gasteiger partial charge in [0.05, 0.1) is 26.2 Å². The van der Waals surface area contributed by atoms with Crippen LogP contribution in [0.4, 0.5) is 0 Å². The molecule has 0 aliphatic rings. The standard InChI is InChI=1S/C14H17ClO5/c1-14(2,6-10(17)18)11-9(15)5-8(7-16)12(19-3)13(11)20-4/h5,7H,6H2,1-4H3,(H,17,18). The molecule has 0 amide bonds. The van der Waals surface area contributed by atoms with Crippen molar-refractivity contribution in [3.8, 4) is 11.5 Å². The molecule has 1 aromatic rings. The molecule has 0 fully saturated rings. The van der Waals surface area contributed by atoms with Crippen LogP contribution in [-0.4, -0.2) is 31.6 Å². The zero-order valence-electron chi connectivity index (χ0n) is 11.8. The molecule has 0 heterocycles. The van der Waals surface area contributed by atoms with Gasteiger partial charge in [0.15, 0.2) is 17.8 Å².